The predicted molar refractivity (Wildman–Crippen MR) is 114 cm³/mol. The zero-order valence-electron chi connectivity index (χ0n) is 18.6. The van der Waals surface area contributed by atoms with Gasteiger partial charge in [0, 0.05) is 5.54 Å². The van der Waals surface area contributed by atoms with Gasteiger partial charge in [0.05, 0.1) is 0 Å². The number of hydrogen-bond acceptors (Lipinski definition) is 1. The van der Waals surface area contributed by atoms with Crippen LogP contribution in [0.5, 0.6) is 0 Å². The summed E-state index contributed by atoms with van der Waals surface area (Å²) in [5, 5.41) is 0. The summed E-state index contributed by atoms with van der Waals surface area (Å²) in [5.74, 6) is 3.44. The molecule has 0 spiro atoms. The average molecular weight is 370 g/mol. The van der Waals surface area contributed by atoms with Crippen molar-refractivity contribution in [3.8, 4) is 0 Å². The summed E-state index contributed by atoms with van der Waals surface area (Å²) in [6.45, 7) is 13.1. The number of nitrogens with two attached hydrogens (primary N) is 1. The molecular formula is C26H43N. The third-order valence-corrected chi connectivity index (χ3v) is 11.7. The van der Waals surface area contributed by atoms with E-state index in [4.69, 9.17) is 5.73 Å². The van der Waals surface area contributed by atoms with Crippen LogP contribution in [-0.2, 0) is 0 Å². The molecule has 0 bridgehead atoms. The quantitative estimate of drug-likeness (QED) is 0.471. The van der Waals surface area contributed by atoms with Crippen LogP contribution in [0.25, 0.3) is 0 Å². The molecule has 0 amide bonds. The van der Waals surface area contributed by atoms with Crippen LogP contribution in [0.2, 0.25) is 0 Å². The first-order chi connectivity index (χ1) is 12.6. The smallest absolute Gasteiger partial charge is 0.0185 e. The average Bonchev–Trinajstić information content (AvgIpc) is 2.97. The second-order valence-corrected chi connectivity index (χ2v) is 12.8. The Morgan fingerprint density at radius 2 is 1.52 bits per heavy atom. The molecule has 1 heteroatoms. The van der Waals surface area contributed by atoms with Crippen molar-refractivity contribution in [2.45, 2.75) is 104 Å². The molecule has 4 saturated carbocycles. The second kappa shape index (κ2) is 5.44. The minimum absolute atomic E-state index is 0.185. The highest BCUT2D eigenvalue weighted by atomic mass is 14.8. The molecule has 1 nitrogen and oxygen atoms in total. The van der Waals surface area contributed by atoms with Gasteiger partial charge in [0.1, 0.15) is 0 Å². The summed E-state index contributed by atoms with van der Waals surface area (Å²) in [6.07, 6.45) is 18.9. The zero-order chi connectivity index (χ0) is 19.3. The summed E-state index contributed by atoms with van der Waals surface area (Å²) in [7, 11) is 0. The van der Waals surface area contributed by atoms with Crippen molar-refractivity contribution in [2.75, 3.05) is 0 Å². The molecule has 0 radical (unpaired) electrons. The molecule has 152 valence electrons. The van der Waals surface area contributed by atoms with E-state index in [0.717, 1.165) is 23.7 Å². The molecule has 5 aliphatic rings. The molecule has 4 fully saturated rings. The normalized spacial score (nSPS) is 58.7. The third-order valence-electron chi connectivity index (χ3n) is 11.7. The fourth-order valence-electron chi connectivity index (χ4n) is 10.2. The standard InChI is InChI=1S/C26H43N/c1-22(2)12-7-13-23(3)20(22)11-15-25(5)21(23)10-9-18-19-8-6-14-26(19,27)17-16-24(18,25)4/h7,12,18-21H,6,8-11,13-17,27H2,1-5H3/t18?,19?,20?,21?,23?,24-,25?,26?/m1/s1. The van der Waals surface area contributed by atoms with Gasteiger partial charge in [0.25, 0.3) is 0 Å². The Bertz CT molecular complexity index is 663. The van der Waals surface area contributed by atoms with Crippen molar-refractivity contribution in [3.05, 3.63) is 12.2 Å². The lowest BCUT2D eigenvalue weighted by Crippen LogP contribution is -2.66. The first kappa shape index (κ1) is 18.7. The number of allylic oxidation sites excluding steroid dienone is 2. The second-order valence-electron chi connectivity index (χ2n) is 12.8. The van der Waals surface area contributed by atoms with Gasteiger partial charge in [-0.05, 0) is 103 Å². The summed E-state index contributed by atoms with van der Waals surface area (Å²) in [5.41, 5.74) is 9.06. The van der Waals surface area contributed by atoms with Crippen LogP contribution >= 0.6 is 0 Å². The zero-order valence-corrected chi connectivity index (χ0v) is 18.6. The van der Waals surface area contributed by atoms with Gasteiger partial charge in [-0.1, -0.05) is 53.2 Å². The van der Waals surface area contributed by atoms with Gasteiger partial charge < -0.3 is 5.73 Å². The molecule has 2 N–H and O–H groups in total. The fourth-order valence-corrected chi connectivity index (χ4v) is 10.2. The van der Waals surface area contributed by atoms with Crippen LogP contribution in [0.15, 0.2) is 12.2 Å². The lowest BCUT2D eigenvalue weighted by molar-refractivity contribution is -0.215. The summed E-state index contributed by atoms with van der Waals surface area (Å²) >= 11 is 0. The highest BCUT2D eigenvalue weighted by Gasteiger charge is 2.68. The van der Waals surface area contributed by atoms with E-state index in [-0.39, 0.29) is 5.54 Å². The lowest BCUT2D eigenvalue weighted by atomic mass is 9.33. The maximum absolute atomic E-state index is 7.00. The van der Waals surface area contributed by atoms with Crippen molar-refractivity contribution in [1.29, 1.82) is 0 Å². The molecule has 5 rings (SSSR count). The van der Waals surface area contributed by atoms with E-state index in [1.165, 1.54) is 64.2 Å². The van der Waals surface area contributed by atoms with E-state index in [2.05, 4.69) is 46.8 Å². The number of fused-ring (bicyclic) bond motifs is 7. The molecule has 0 aromatic heterocycles. The first-order valence-electron chi connectivity index (χ1n) is 12.0. The Kier molecular flexibility index (Phi) is 3.77. The number of rotatable bonds is 0. The monoisotopic (exact) mass is 369 g/mol. The molecule has 0 aromatic rings. The van der Waals surface area contributed by atoms with Crippen molar-refractivity contribution < 1.29 is 0 Å². The highest BCUT2D eigenvalue weighted by molar-refractivity contribution is 5.21. The molecule has 0 aromatic carbocycles. The summed E-state index contributed by atoms with van der Waals surface area (Å²) < 4.78 is 0. The van der Waals surface area contributed by atoms with E-state index in [9.17, 15) is 0 Å². The lowest BCUT2D eigenvalue weighted by Gasteiger charge is -2.71. The third kappa shape index (κ3) is 2.16. The van der Waals surface area contributed by atoms with E-state index in [1.54, 1.807) is 0 Å². The van der Waals surface area contributed by atoms with Gasteiger partial charge in [-0.15, -0.1) is 0 Å². The molecule has 5 aliphatic carbocycles. The molecule has 0 saturated heterocycles. The van der Waals surface area contributed by atoms with Crippen LogP contribution in [0.3, 0.4) is 0 Å². The van der Waals surface area contributed by atoms with Crippen molar-refractivity contribution in [2.24, 2.45) is 51.1 Å². The van der Waals surface area contributed by atoms with E-state index in [0.29, 0.717) is 21.7 Å². The maximum Gasteiger partial charge on any atom is 0.0185 e. The largest absolute Gasteiger partial charge is 0.325 e. The Balaban J connectivity index is 1.55. The number of hydrogen-bond donors (Lipinski definition) is 1. The molecular weight excluding hydrogens is 326 g/mol. The maximum atomic E-state index is 7.00. The van der Waals surface area contributed by atoms with E-state index < -0.39 is 0 Å². The fraction of sp³-hybridized carbons (Fsp3) is 0.923. The SMILES string of the molecule is CC1(C)C=CCC2(C)C1CCC1(C)C2CCC2C3CCCC3(N)CC[C@]21C. The minimum atomic E-state index is 0.185. The minimum Gasteiger partial charge on any atom is -0.325 e. The van der Waals surface area contributed by atoms with Gasteiger partial charge in [-0.2, -0.15) is 0 Å². The molecule has 0 aliphatic heterocycles. The van der Waals surface area contributed by atoms with Crippen molar-refractivity contribution in [3.63, 3.8) is 0 Å². The van der Waals surface area contributed by atoms with E-state index >= 15 is 0 Å². The summed E-state index contributed by atoms with van der Waals surface area (Å²) in [4.78, 5) is 0. The van der Waals surface area contributed by atoms with Crippen LogP contribution in [-0.4, -0.2) is 5.54 Å². The van der Waals surface area contributed by atoms with Gasteiger partial charge in [-0.25, -0.2) is 0 Å². The Hall–Kier alpha value is -0.300. The molecule has 7 unspecified atom stereocenters. The van der Waals surface area contributed by atoms with E-state index in [1.807, 2.05) is 0 Å². The molecule has 0 heterocycles. The first-order valence-corrected chi connectivity index (χ1v) is 12.0. The van der Waals surface area contributed by atoms with Crippen molar-refractivity contribution >= 4 is 0 Å². The Morgan fingerprint density at radius 3 is 2.30 bits per heavy atom. The van der Waals surface area contributed by atoms with Crippen LogP contribution in [0, 0.1) is 45.3 Å². The summed E-state index contributed by atoms with van der Waals surface area (Å²) in [6, 6.07) is 0. The van der Waals surface area contributed by atoms with Crippen LogP contribution in [0.1, 0.15) is 98.8 Å². The van der Waals surface area contributed by atoms with Gasteiger partial charge in [0.2, 0.25) is 0 Å². The van der Waals surface area contributed by atoms with Gasteiger partial charge in [-0.3, -0.25) is 0 Å². The van der Waals surface area contributed by atoms with Crippen LogP contribution in [0.4, 0.5) is 0 Å². The Labute approximate surface area is 167 Å². The van der Waals surface area contributed by atoms with Gasteiger partial charge >= 0.3 is 0 Å². The van der Waals surface area contributed by atoms with Gasteiger partial charge in [0.15, 0.2) is 0 Å². The predicted octanol–water partition coefficient (Wildman–Crippen LogP) is 6.72. The van der Waals surface area contributed by atoms with Crippen LogP contribution < -0.4 is 5.73 Å². The Morgan fingerprint density at radius 1 is 0.741 bits per heavy atom. The molecule has 27 heavy (non-hydrogen) atoms. The topological polar surface area (TPSA) is 26.0 Å². The van der Waals surface area contributed by atoms with Crippen molar-refractivity contribution in [1.82, 2.24) is 0 Å². The molecule has 8 atom stereocenters. The highest BCUT2D eigenvalue weighted by Crippen LogP contribution is 2.75.